The van der Waals surface area contributed by atoms with Gasteiger partial charge in [-0.25, -0.2) is 9.97 Å². The van der Waals surface area contributed by atoms with E-state index < -0.39 is 0 Å². The molecule has 0 saturated heterocycles. The highest BCUT2D eigenvalue weighted by Gasteiger charge is 2.16. The Morgan fingerprint density at radius 3 is 2.39 bits per heavy atom. The summed E-state index contributed by atoms with van der Waals surface area (Å²) in [4.78, 5) is 13.6. The predicted molar refractivity (Wildman–Crippen MR) is 111 cm³/mol. The molecule has 0 radical (unpaired) electrons. The van der Waals surface area contributed by atoms with Crippen molar-refractivity contribution in [1.29, 1.82) is 0 Å². The molecule has 0 spiro atoms. The van der Waals surface area contributed by atoms with Crippen molar-refractivity contribution in [3.63, 3.8) is 0 Å². The van der Waals surface area contributed by atoms with E-state index in [0.717, 1.165) is 39.2 Å². The lowest BCUT2D eigenvalue weighted by Crippen LogP contribution is -2.01. The van der Waals surface area contributed by atoms with Crippen molar-refractivity contribution in [2.24, 2.45) is 0 Å². The van der Waals surface area contributed by atoms with Gasteiger partial charge in [-0.3, -0.25) is 4.98 Å². The third-order valence-electron chi connectivity index (χ3n) is 4.56. The maximum absolute atomic E-state index is 5.68. The number of rotatable bonds is 5. The van der Waals surface area contributed by atoms with Crippen molar-refractivity contribution in [2.45, 2.75) is 0 Å². The Kier molecular flexibility index (Phi) is 4.76. The van der Waals surface area contributed by atoms with Crippen molar-refractivity contribution in [3.05, 3.63) is 60.9 Å². The molecule has 0 aliphatic rings. The first-order valence-electron chi connectivity index (χ1n) is 8.86. The van der Waals surface area contributed by atoms with E-state index >= 15 is 0 Å². The van der Waals surface area contributed by atoms with Crippen LogP contribution in [0, 0.1) is 0 Å². The molecule has 2 heterocycles. The van der Waals surface area contributed by atoms with E-state index in [1.165, 1.54) is 0 Å². The van der Waals surface area contributed by atoms with Crippen molar-refractivity contribution in [2.75, 3.05) is 26.6 Å². The standard InChI is InChI=1S/C22H20N4O2/c1-23-22-17-11-15(16-8-4-5-9-18(16)27-2)12-19(28-3)20(17)25-21(26-22)14-7-6-10-24-13-14/h4-13H,1-3H3,(H,23,25,26). The number of fused-ring (bicyclic) bond motifs is 1. The van der Waals surface area contributed by atoms with E-state index in [9.17, 15) is 0 Å². The zero-order valence-corrected chi connectivity index (χ0v) is 15.9. The topological polar surface area (TPSA) is 69.2 Å². The number of hydrogen-bond donors (Lipinski definition) is 1. The molecular weight excluding hydrogens is 352 g/mol. The minimum absolute atomic E-state index is 0.591. The first-order chi connectivity index (χ1) is 13.7. The largest absolute Gasteiger partial charge is 0.496 e. The van der Waals surface area contributed by atoms with E-state index in [-0.39, 0.29) is 0 Å². The molecule has 28 heavy (non-hydrogen) atoms. The van der Waals surface area contributed by atoms with Gasteiger partial charge in [0.25, 0.3) is 0 Å². The molecule has 140 valence electrons. The zero-order chi connectivity index (χ0) is 19.5. The molecule has 0 fully saturated rings. The second kappa shape index (κ2) is 7.52. The summed E-state index contributed by atoms with van der Waals surface area (Å²) in [6, 6.07) is 15.7. The second-order valence-corrected chi connectivity index (χ2v) is 6.16. The summed E-state index contributed by atoms with van der Waals surface area (Å²) in [6.45, 7) is 0. The van der Waals surface area contributed by atoms with E-state index in [1.807, 2.05) is 49.5 Å². The van der Waals surface area contributed by atoms with Crippen molar-refractivity contribution in [1.82, 2.24) is 15.0 Å². The van der Waals surface area contributed by atoms with Gasteiger partial charge in [-0.2, -0.15) is 0 Å². The van der Waals surface area contributed by atoms with Crippen molar-refractivity contribution >= 4 is 16.7 Å². The van der Waals surface area contributed by atoms with Crippen LogP contribution in [0.5, 0.6) is 11.5 Å². The quantitative estimate of drug-likeness (QED) is 0.559. The van der Waals surface area contributed by atoms with Gasteiger partial charge in [-0.05, 0) is 35.9 Å². The maximum atomic E-state index is 5.68. The zero-order valence-electron chi connectivity index (χ0n) is 15.9. The minimum Gasteiger partial charge on any atom is -0.496 e. The first kappa shape index (κ1) is 17.7. The highest BCUT2D eigenvalue weighted by Crippen LogP contribution is 2.38. The number of methoxy groups -OCH3 is 2. The van der Waals surface area contributed by atoms with E-state index in [2.05, 4.69) is 16.4 Å². The van der Waals surface area contributed by atoms with Gasteiger partial charge in [0.2, 0.25) is 0 Å². The molecule has 4 aromatic rings. The Morgan fingerprint density at radius 1 is 0.857 bits per heavy atom. The van der Waals surface area contributed by atoms with Crippen molar-refractivity contribution < 1.29 is 9.47 Å². The highest BCUT2D eigenvalue weighted by molar-refractivity contribution is 5.98. The third kappa shape index (κ3) is 3.09. The number of anilines is 1. The molecule has 4 rings (SSSR count). The van der Waals surface area contributed by atoms with Crippen LogP contribution in [0.4, 0.5) is 5.82 Å². The molecule has 0 saturated carbocycles. The smallest absolute Gasteiger partial charge is 0.163 e. The fraction of sp³-hybridized carbons (Fsp3) is 0.136. The van der Waals surface area contributed by atoms with Gasteiger partial charge in [0, 0.05) is 36.0 Å². The number of para-hydroxylation sites is 1. The molecular formula is C22H20N4O2. The number of nitrogens with one attached hydrogen (secondary N) is 1. The van der Waals surface area contributed by atoms with Gasteiger partial charge in [0.15, 0.2) is 5.82 Å². The normalized spacial score (nSPS) is 10.7. The van der Waals surface area contributed by atoms with Crippen LogP contribution in [0.1, 0.15) is 0 Å². The second-order valence-electron chi connectivity index (χ2n) is 6.16. The minimum atomic E-state index is 0.591. The van der Waals surface area contributed by atoms with Crippen molar-refractivity contribution in [3.8, 4) is 34.0 Å². The van der Waals surface area contributed by atoms with Crippen LogP contribution in [-0.4, -0.2) is 36.2 Å². The number of ether oxygens (including phenoxy) is 2. The summed E-state index contributed by atoms with van der Waals surface area (Å²) in [6.07, 6.45) is 3.47. The molecule has 6 heteroatoms. The third-order valence-corrected chi connectivity index (χ3v) is 4.56. The molecule has 2 aromatic heterocycles. The summed E-state index contributed by atoms with van der Waals surface area (Å²) in [7, 11) is 5.15. The van der Waals surface area contributed by atoms with Crippen LogP contribution in [-0.2, 0) is 0 Å². The van der Waals surface area contributed by atoms with Crippen LogP contribution < -0.4 is 14.8 Å². The molecule has 1 N–H and O–H groups in total. The van der Waals surface area contributed by atoms with E-state index in [1.54, 1.807) is 26.6 Å². The summed E-state index contributed by atoms with van der Waals surface area (Å²) in [5.41, 5.74) is 3.52. The number of nitrogens with zero attached hydrogens (tertiary/aromatic N) is 3. The molecule has 2 aromatic carbocycles. The Balaban J connectivity index is 1.98. The fourth-order valence-corrected chi connectivity index (χ4v) is 3.21. The summed E-state index contributed by atoms with van der Waals surface area (Å²) in [5, 5.41) is 4.05. The van der Waals surface area contributed by atoms with Gasteiger partial charge in [-0.15, -0.1) is 0 Å². The number of hydrogen-bond acceptors (Lipinski definition) is 6. The summed E-state index contributed by atoms with van der Waals surface area (Å²) < 4.78 is 11.2. The van der Waals surface area contributed by atoms with E-state index in [4.69, 9.17) is 19.4 Å². The van der Waals surface area contributed by atoms with Gasteiger partial charge < -0.3 is 14.8 Å². The fourth-order valence-electron chi connectivity index (χ4n) is 3.21. The van der Waals surface area contributed by atoms with Crippen LogP contribution in [0.2, 0.25) is 0 Å². The molecule has 6 nitrogen and oxygen atoms in total. The number of aromatic nitrogens is 3. The Hall–Kier alpha value is -3.67. The Bertz CT molecular complexity index is 1130. The summed E-state index contributed by atoms with van der Waals surface area (Å²) in [5.74, 6) is 2.78. The maximum Gasteiger partial charge on any atom is 0.163 e. The number of pyridine rings is 1. The lowest BCUT2D eigenvalue weighted by atomic mass is 10.0. The van der Waals surface area contributed by atoms with E-state index in [0.29, 0.717) is 11.6 Å². The number of benzene rings is 2. The SMILES string of the molecule is CNc1nc(-c2cccnc2)nc2c(OC)cc(-c3ccccc3OC)cc12. The van der Waals surface area contributed by atoms with Crippen LogP contribution in [0.25, 0.3) is 33.4 Å². The Morgan fingerprint density at radius 2 is 1.68 bits per heavy atom. The lowest BCUT2D eigenvalue weighted by molar-refractivity contribution is 0.415. The van der Waals surface area contributed by atoms with Gasteiger partial charge >= 0.3 is 0 Å². The van der Waals surface area contributed by atoms with Gasteiger partial charge in [0.1, 0.15) is 22.8 Å². The average molecular weight is 372 g/mol. The van der Waals surface area contributed by atoms with Gasteiger partial charge in [-0.1, -0.05) is 18.2 Å². The lowest BCUT2D eigenvalue weighted by Gasteiger charge is -2.14. The molecule has 0 atom stereocenters. The predicted octanol–water partition coefficient (Wildman–Crippen LogP) is 4.42. The monoisotopic (exact) mass is 372 g/mol. The molecule has 0 aliphatic carbocycles. The van der Waals surface area contributed by atoms with Crippen LogP contribution in [0.3, 0.4) is 0 Å². The Labute approximate surface area is 163 Å². The molecule has 0 amide bonds. The molecule has 0 bridgehead atoms. The summed E-state index contributed by atoms with van der Waals surface area (Å²) >= 11 is 0. The highest BCUT2D eigenvalue weighted by atomic mass is 16.5. The first-order valence-corrected chi connectivity index (χ1v) is 8.86. The van der Waals surface area contributed by atoms with Crippen LogP contribution in [0.15, 0.2) is 60.9 Å². The molecule has 0 aliphatic heterocycles. The van der Waals surface area contributed by atoms with Crippen LogP contribution >= 0.6 is 0 Å². The average Bonchev–Trinajstić information content (AvgIpc) is 2.78. The molecule has 0 unspecified atom stereocenters. The van der Waals surface area contributed by atoms with Gasteiger partial charge in [0.05, 0.1) is 14.2 Å².